The number of benzene rings is 4. The van der Waals surface area contributed by atoms with Gasteiger partial charge in [0.15, 0.2) is 0 Å². The van der Waals surface area contributed by atoms with Crippen LogP contribution in [0.2, 0.25) is 0 Å². The molecule has 3 N–H and O–H groups in total. The molecular weight excluding hydrogens is 386 g/mol. The molecule has 0 aliphatic heterocycles. The van der Waals surface area contributed by atoms with Gasteiger partial charge in [0, 0.05) is 21.9 Å². The van der Waals surface area contributed by atoms with Gasteiger partial charge in [-0.1, -0.05) is 60.7 Å². The first-order valence-corrected chi connectivity index (χ1v) is 9.97. The number of nitrogens with one attached hydrogen (secondary N) is 3. The molecule has 5 rings (SSSR count). The van der Waals surface area contributed by atoms with Crippen molar-refractivity contribution in [2.45, 2.75) is 0 Å². The molecule has 0 fully saturated rings. The molecule has 5 heteroatoms. The van der Waals surface area contributed by atoms with Crippen molar-refractivity contribution in [2.75, 3.05) is 10.6 Å². The third-order valence-corrected chi connectivity index (χ3v) is 5.24. The average molecular weight is 405 g/mol. The summed E-state index contributed by atoms with van der Waals surface area (Å²) in [6.45, 7) is 0. The molecular formula is C26H19N3O2. The van der Waals surface area contributed by atoms with E-state index in [2.05, 4.69) is 15.6 Å². The number of anilines is 2. The SMILES string of the molecule is O=C(Nc1cccc2c1[nH]c1c(NC(=O)c3ccccc3)cccc12)c1ccccc1. The van der Waals surface area contributed by atoms with E-state index in [0.29, 0.717) is 22.5 Å². The Hall–Kier alpha value is -4.38. The van der Waals surface area contributed by atoms with Gasteiger partial charge in [-0.15, -0.1) is 0 Å². The molecule has 0 aliphatic rings. The molecule has 1 heterocycles. The largest absolute Gasteiger partial charge is 0.351 e. The van der Waals surface area contributed by atoms with Crippen LogP contribution in [0.15, 0.2) is 97.1 Å². The van der Waals surface area contributed by atoms with Crippen LogP contribution in [0, 0.1) is 0 Å². The molecule has 4 aromatic carbocycles. The second-order valence-corrected chi connectivity index (χ2v) is 7.22. The van der Waals surface area contributed by atoms with Crippen LogP contribution in [-0.4, -0.2) is 16.8 Å². The smallest absolute Gasteiger partial charge is 0.255 e. The van der Waals surface area contributed by atoms with E-state index in [1.165, 1.54) is 0 Å². The highest BCUT2D eigenvalue weighted by Gasteiger charge is 2.14. The van der Waals surface area contributed by atoms with Crippen molar-refractivity contribution in [1.29, 1.82) is 0 Å². The predicted octanol–water partition coefficient (Wildman–Crippen LogP) is 5.83. The van der Waals surface area contributed by atoms with Crippen LogP contribution in [0.4, 0.5) is 11.4 Å². The van der Waals surface area contributed by atoms with E-state index in [9.17, 15) is 9.59 Å². The number of para-hydroxylation sites is 2. The summed E-state index contributed by atoms with van der Waals surface area (Å²) in [6.07, 6.45) is 0. The lowest BCUT2D eigenvalue weighted by molar-refractivity contribution is 0.101. The molecule has 5 aromatic rings. The zero-order valence-electron chi connectivity index (χ0n) is 16.6. The zero-order valence-corrected chi connectivity index (χ0v) is 16.6. The minimum Gasteiger partial charge on any atom is -0.351 e. The number of amides is 2. The Morgan fingerprint density at radius 1 is 0.516 bits per heavy atom. The molecule has 5 nitrogen and oxygen atoms in total. The second kappa shape index (κ2) is 7.80. The molecule has 150 valence electrons. The Morgan fingerprint density at radius 3 is 1.35 bits per heavy atom. The number of aromatic amines is 1. The molecule has 1 aromatic heterocycles. The zero-order chi connectivity index (χ0) is 21.2. The number of fused-ring (bicyclic) bond motifs is 3. The average Bonchev–Trinajstić information content (AvgIpc) is 3.21. The molecule has 0 aliphatic carbocycles. The van der Waals surface area contributed by atoms with Crippen molar-refractivity contribution >= 4 is 45.0 Å². The highest BCUT2D eigenvalue weighted by Crippen LogP contribution is 2.34. The maximum Gasteiger partial charge on any atom is 0.255 e. The monoisotopic (exact) mass is 405 g/mol. The number of hydrogen-bond acceptors (Lipinski definition) is 2. The van der Waals surface area contributed by atoms with Crippen molar-refractivity contribution in [2.24, 2.45) is 0 Å². The normalized spacial score (nSPS) is 10.8. The van der Waals surface area contributed by atoms with E-state index in [1.54, 1.807) is 24.3 Å². The summed E-state index contributed by atoms with van der Waals surface area (Å²) in [4.78, 5) is 28.7. The minimum absolute atomic E-state index is 0.177. The first-order chi connectivity index (χ1) is 15.2. The van der Waals surface area contributed by atoms with Gasteiger partial charge in [-0.3, -0.25) is 9.59 Å². The van der Waals surface area contributed by atoms with Crippen molar-refractivity contribution in [3.05, 3.63) is 108 Å². The van der Waals surface area contributed by atoms with Crippen molar-refractivity contribution in [3.8, 4) is 0 Å². The van der Waals surface area contributed by atoms with Crippen LogP contribution in [0.1, 0.15) is 20.7 Å². The fourth-order valence-corrected chi connectivity index (χ4v) is 3.72. The first kappa shape index (κ1) is 18.6. The Balaban J connectivity index is 1.54. The topological polar surface area (TPSA) is 74.0 Å². The Kier molecular flexibility index (Phi) is 4.69. The quantitative estimate of drug-likeness (QED) is 0.352. The van der Waals surface area contributed by atoms with Crippen LogP contribution < -0.4 is 10.6 Å². The van der Waals surface area contributed by atoms with Crippen molar-refractivity contribution < 1.29 is 9.59 Å². The molecule has 0 spiro atoms. The lowest BCUT2D eigenvalue weighted by Gasteiger charge is -2.07. The Morgan fingerprint density at radius 2 is 0.935 bits per heavy atom. The van der Waals surface area contributed by atoms with Crippen LogP contribution in [-0.2, 0) is 0 Å². The number of hydrogen-bond donors (Lipinski definition) is 3. The van der Waals surface area contributed by atoms with Crippen molar-refractivity contribution in [1.82, 2.24) is 4.98 Å². The van der Waals surface area contributed by atoms with Gasteiger partial charge in [0.25, 0.3) is 11.8 Å². The Bertz CT molecular complexity index is 1300. The van der Waals surface area contributed by atoms with E-state index >= 15 is 0 Å². The number of carbonyl (C=O) groups is 2. The molecule has 31 heavy (non-hydrogen) atoms. The van der Waals surface area contributed by atoms with Crippen molar-refractivity contribution in [3.63, 3.8) is 0 Å². The lowest BCUT2D eigenvalue weighted by Crippen LogP contribution is -2.12. The van der Waals surface area contributed by atoms with E-state index in [4.69, 9.17) is 0 Å². The summed E-state index contributed by atoms with van der Waals surface area (Å²) in [6, 6.07) is 29.7. The van der Waals surface area contributed by atoms with Gasteiger partial charge in [0.05, 0.1) is 22.4 Å². The predicted molar refractivity (Wildman–Crippen MR) is 125 cm³/mol. The van der Waals surface area contributed by atoms with Crippen LogP contribution in [0.5, 0.6) is 0 Å². The highest BCUT2D eigenvalue weighted by atomic mass is 16.2. The summed E-state index contributed by atoms with van der Waals surface area (Å²) in [5, 5.41) is 7.92. The van der Waals surface area contributed by atoms with Gasteiger partial charge in [-0.2, -0.15) is 0 Å². The van der Waals surface area contributed by atoms with Crippen LogP contribution in [0.3, 0.4) is 0 Å². The van der Waals surface area contributed by atoms with Gasteiger partial charge < -0.3 is 15.6 Å². The summed E-state index contributed by atoms with van der Waals surface area (Å²) in [5.74, 6) is -0.353. The van der Waals surface area contributed by atoms with Crippen LogP contribution in [0.25, 0.3) is 21.8 Å². The number of aromatic nitrogens is 1. The molecule has 0 unspecified atom stereocenters. The van der Waals surface area contributed by atoms with E-state index in [-0.39, 0.29) is 11.8 Å². The maximum absolute atomic E-state index is 12.7. The fourth-order valence-electron chi connectivity index (χ4n) is 3.72. The molecule has 2 amide bonds. The standard InChI is InChI=1S/C26H19N3O2/c30-25(17-9-3-1-4-10-17)27-21-15-7-13-19-20-14-8-16-22(24(20)29-23(19)21)28-26(31)18-11-5-2-6-12-18/h1-16,29H,(H,27,30)(H,28,31). The van der Waals surface area contributed by atoms with E-state index in [0.717, 1.165) is 21.8 Å². The molecule has 0 saturated heterocycles. The van der Waals surface area contributed by atoms with Gasteiger partial charge in [0.1, 0.15) is 0 Å². The third-order valence-electron chi connectivity index (χ3n) is 5.24. The van der Waals surface area contributed by atoms with Gasteiger partial charge in [0.2, 0.25) is 0 Å². The first-order valence-electron chi connectivity index (χ1n) is 9.97. The van der Waals surface area contributed by atoms with Crippen LogP contribution >= 0.6 is 0 Å². The summed E-state index contributed by atoms with van der Waals surface area (Å²) < 4.78 is 0. The lowest BCUT2D eigenvalue weighted by atomic mass is 10.1. The molecule has 0 radical (unpaired) electrons. The van der Waals surface area contributed by atoms with Gasteiger partial charge in [-0.05, 0) is 36.4 Å². The fraction of sp³-hybridized carbons (Fsp3) is 0. The molecule has 0 saturated carbocycles. The number of carbonyl (C=O) groups excluding carboxylic acids is 2. The minimum atomic E-state index is -0.177. The summed E-state index contributed by atoms with van der Waals surface area (Å²) in [5.41, 5.74) is 4.16. The number of rotatable bonds is 4. The summed E-state index contributed by atoms with van der Waals surface area (Å²) >= 11 is 0. The van der Waals surface area contributed by atoms with Gasteiger partial charge in [-0.25, -0.2) is 0 Å². The van der Waals surface area contributed by atoms with E-state index in [1.807, 2.05) is 72.8 Å². The molecule has 0 bridgehead atoms. The third kappa shape index (κ3) is 3.53. The second-order valence-electron chi connectivity index (χ2n) is 7.22. The maximum atomic E-state index is 12.7. The Labute approximate surface area is 178 Å². The molecule has 0 atom stereocenters. The summed E-state index contributed by atoms with van der Waals surface area (Å²) in [7, 11) is 0. The highest BCUT2D eigenvalue weighted by molar-refractivity contribution is 6.18. The van der Waals surface area contributed by atoms with Gasteiger partial charge >= 0.3 is 0 Å². The number of H-pyrrole nitrogens is 1. The van der Waals surface area contributed by atoms with E-state index < -0.39 is 0 Å².